The quantitative estimate of drug-likeness (QED) is 0.860. The summed E-state index contributed by atoms with van der Waals surface area (Å²) in [6, 6.07) is 14.6. The lowest BCUT2D eigenvalue weighted by molar-refractivity contribution is 0.0839. The Balaban J connectivity index is 1.60. The molecule has 2 aliphatic heterocycles. The third-order valence-corrected chi connectivity index (χ3v) is 5.19. The summed E-state index contributed by atoms with van der Waals surface area (Å²) in [4.78, 5) is 30.8. The van der Waals surface area contributed by atoms with E-state index in [2.05, 4.69) is 4.99 Å². The van der Waals surface area contributed by atoms with Gasteiger partial charge in [-0.1, -0.05) is 24.3 Å². The van der Waals surface area contributed by atoms with E-state index < -0.39 is 17.1 Å². The van der Waals surface area contributed by atoms with Gasteiger partial charge in [0.1, 0.15) is 5.54 Å². The molecule has 6 rings (SSSR count). The van der Waals surface area contributed by atoms with Gasteiger partial charge in [-0.25, -0.2) is 0 Å². The van der Waals surface area contributed by atoms with Gasteiger partial charge in [0, 0.05) is 22.9 Å². The van der Waals surface area contributed by atoms with E-state index in [1.165, 1.54) is 0 Å². The highest BCUT2D eigenvalue weighted by atomic mass is 16.2. The van der Waals surface area contributed by atoms with Crippen molar-refractivity contribution in [2.75, 3.05) is 0 Å². The number of nitrogens with zero attached hydrogens (tertiary/aromatic N) is 2. The molecule has 2 aliphatic carbocycles. The van der Waals surface area contributed by atoms with Crippen molar-refractivity contribution in [3.63, 3.8) is 0 Å². The van der Waals surface area contributed by atoms with Crippen LogP contribution in [0.2, 0.25) is 0 Å². The van der Waals surface area contributed by atoms with Crippen LogP contribution in [-0.4, -0.2) is 22.9 Å². The molecule has 2 aromatic rings. The lowest BCUT2D eigenvalue weighted by Gasteiger charge is -2.23. The molecule has 4 aliphatic rings. The number of amides is 2. The fourth-order valence-corrected chi connectivity index (χ4v) is 4.07. The number of benzene rings is 2. The fourth-order valence-electron chi connectivity index (χ4n) is 4.07. The third-order valence-electron chi connectivity index (χ3n) is 5.19. The van der Waals surface area contributed by atoms with Crippen molar-refractivity contribution in [1.29, 1.82) is 0 Å². The van der Waals surface area contributed by atoms with Crippen molar-refractivity contribution in [3.05, 3.63) is 82.9 Å². The monoisotopic (exact) mass is 315 g/mol. The molecular formula is C19H13N3O2. The summed E-state index contributed by atoms with van der Waals surface area (Å²) >= 11 is 0. The minimum atomic E-state index is -0.653. The number of fused-ring (bicyclic) bond motifs is 2. The summed E-state index contributed by atoms with van der Waals surface area (Å²) < 4.78 is 0. The first kappa shape index (κ1) is 13.2. The van der Waals surface area contributed by atoms with E-state index in [0.29, 0.717) is 11.1 Å². The lowest BCUT2D eigenvalue weighted by Crippen LogP contribution is -2.25. The van der Waals surface area contributed by atoms with Crippen LogP contribution >= 0.6 is 0 Å². The number of dihydropyridines is 1. The number of hydrogen-bond acceptors (Lipinski definition) is 3. The smallest absolute Gasteiger partial charge is 0.257 e. The first-order valence-electron chi connectivity index (χ1n) is 7.70. The Bertz CT molecular complexity index is 914. The second kappa shape index (κ2) is 4.00. The first-order chi connectivity index (χ1) is 11.6. The van der Waals surface area contributed by atoms with E-state index in [4.69, 9.17) is 5.73 Å². The van der Waals surface area contributed by atoms with Crippen molar-refractivity contribution < 1.29 is 9.59 Å². The van der Waals surface area contributed by atoms with E-state index in [9.17, 15) is 9.59 Å². The van der Waals surface area contributed by atoms with Crippen molar-refractivity contribution in [2.45, 2.75) is 11.2 Å². The topological polar surface area (TPSA) is 75.5 Å². The Labute approximate surface area is 138 Å². The molecule has 2 heterocycles. The molecule has 0 spiro atoms. The standard InChI is InChI=1S/C19H13N3O2/c20-16(23)12-2-4-13(5-3-12)17(24)22-18-10-1-11-21-19(18,22)15-8-6-14(18)7-9-15/h1-11H,(H2,20,23). The van der Waals surface area contributed by atoms with Crippen LogP contribution in [0.1, 0.15) is 31.8 Å². The minimum Gasteiger partial charge on any atom is -0.366 e. The van der Waals surface area contributed by atoms with Crippen molar-refractivity contribution >= 4 is 18.0 Å². The van der Waals surface area contributed by atoms with E-state index in [-0.39, 0.29) is 5.91 Å². The molecule has 2 aromatic carbocycles. The maximum absolute atomic E-state index is 13.1. The molecular weight excluding hydrogens is 302 g/mol. The molecule has 5 heteroatoms. The average molecular weight is 315 g/mol. The number of aliphatic imine (C=N–C) groups is 1. The number of nitrogens with two attached hydrogens (primary N) is 1. The summed E-state index contributed by atoms with van der Waals surface area (Å²) in [5, 5.41) is 0. The van der Waals surface area contributed by atoms with Crippen LogP contribution in [0.4, 0.5) is 0 Å². The molecule has 2 N–H and O–H groups in total. The summed E-state index contributed by atoms with van der Waals surface area (Å²) in [6.45, 7) is 0. The molecule has 1 fully saturated rings. The SMILES string of the molecule is NC(=O)c1ccc(C(=O)N2C34C=CC=NC23c2ccc4cc2)cc1. The van der Waals surface area contributed by atoms with E-state index in [1.54, 1.807) is 30.5 Å². The highest BCUT2D eigenvalue weighted by Gasteiger charge is 2.80. The van der Waals surface area contributed by atoms with Gasteiger partial charge in [0.2, 0.25) is 5.91 Å². The summed E-state index contributed by atoms with van der Waals surface area (Å²) in [5.74, 6) is -0.623. The molecule has 2 unspecified atom stereocenters. The predicted octanol–water partition coefficient (Wildman–Crippen LogP) is 1.94. The Morgan fingerprint density at radius 3 is 2.17 bits per heavy atom. The molecule has 2 amide bonds. The van der Waals surface area contributed by atoms with Gasteiger partial charge in [-0.05, 0) is 42.0 Å². The Kier molecular flexibility index (Phi) is 2.21. The van der Waals surface area contributed by atoms with Crippen LogP contribution in [0.5, 0.6) is 0 Å². The van der Waals surface area contributed by atoms with Gasteiger partial charge in [0.15, 0.2) is 5.66 Å². The lowest BCUT2D eigenvalue weighted by atomic mass is 9.80. The Morgan fingerprint density at radius 2 is 1.54 bits per heavy atom. The number of carbonyl (C=O) groups excluding carboxylic acids is 2. The van der Waals surface area contributed by atoms with Crippen molar-refractivity contribution in [1.82, 2.24) is 4.90 Å². The average Bonchev–Trinajstić information content (AvgIpc) is 3.30. The normalized spacial score (nSPS) is 27.6. The second-order valence-corrected chi connectivity index (χ2v) is 6.24. The van der Waals surface area contributed by atoms with E-state index >= 15 is 0 Å². The van der Waals surface area contributed by atoms with Crippen molar-refractivity contribution in [3.8, 4) is 0 Å². The van der Waals surface area contributed by atoms with Crippen LogP contribution in [0.15, 0.2) is 65.7 Å². The maximum atomic E-state index is 13.1. The summed E-state index contributed by atoms with van der Waals surface area (Å²) in [5.41, 5.74) is 7.07. The van der Waals surface area contributed by atoms with Crippen LogP contribution in [0.25, 0.3) is 0 Å². The summed E-state index contributed by atoms with van der Waals surface area (Å²) in [7, 11) is 0. The molecule has 2 atom stereocenters. The van der Waals surface area contributed by atoms with E-state index in [1.807, 2.05) is 41.3 Å². The minimum absolute atomic E-state index is 0.114. The molecule has 116 valence electrons. The molecule has 24 heavy (non-hydrogen) atoms. The van der Waals surface area contributed by atoms with Crippen LogP contribution in [0, 0.1) is 0 Å². The number of allylic oxidation sites excluding steroid dienone is 1. The highest BCUT2D eigenvalue weighted by molar-refractivity contribution is 6.01. The van der Waals surface area contributed by atoms with Gasteiger partial charge in [-0.3, -0.25) is 19.5 Å². The third kappa shape index (κ3) is 1.26. The zero-order valence-electron chi connectivity index (χ0n) is 12.6. The molecule has 2 bridgehead atoms. The number of hydrogen-bond donors (Lipinski definition) is 1. The van der Waals surface area contributed by atoms with Gasteiger partial charge in [0.25, 0.3) is 5.91 Å². The van der Waals surface area contributed by atoms with Crippen LogP contribution in [0.3, 0.4) is 0 Å². The van der Waals surface area contributed by atoms with Gasteiger partial charge in [-0.15, -0.1) is 0 Å². The largest absolute Gasteiger partial charge is 0.366 e. The van der Waals surface area contributed by atoms with Gasteiger partial charge in [0.05, 0.1) is 0 Å². The molecule has 5 nitrogen and oxygen atoms in total. The van der Waals surface area contributed by atoms with Crippen LogP contribution in [-0.2, 0) is 11.2 Å². The Morgan fingerprint density at radius 1 is 0.917 bits per heavy atom. The second-order valence-electron chi connectivity index (χ2n) is 6.24. The fraction of sp³-hybridized carbons (Fsp3) is 0.105. The molecule has 0 saturated carbocycles. The zero-order chi connectivity index (χ0) is 16.5. The molecule has 0 radical (unpaired) electrons. The van der Waals surface area contributed by atoms with Gasteiger partial charge < -0.3 is 5.73 Å². The number of rotatable bonds is 2. The van der Waals surface area contributed by atoms with Crippen molar-refractivity contribution in [2.24, 2.45) is 10.7 Å². The molecule has 0 aromatic heterocycles. The van der Waals surface area contributed by atoms with Gasteiger partial charge in [-0.2, -0.15) is 0 Å². The first-order valence-corrected chi connectivity index (χ1v) is 7.70. The number of carbonyl (C=O) groups is 2. The predicted molar refractivity (Wildman–Crippen MR) is 88.6 cm³/mol. The van der Waals surface area contributed by atoms with Crippen LogP contribution < -0.4 is 5.73 Å². The molecule has 1 saturated heterocycles. The zero-order valence-corrected chi connectivity index (χ0v) is 12.6. The van der Waals surface area contributed by atoms with Gasteiger partial charge >= 0.3 is 0 Å². The Hall–Kier alpha value is -3.21. The number of primary amides is 1. The van der Waals surface area contributed by atoms with E-state index in [0.717, 1.165) is 11.1 Å². The highest BCUT2D eigenvalue weighted by Crippen LogP contribution is 2.70. The maximum Gasteiger partial charge on any atom is 0.257 e. The summed E-state index contributed by atoms with van der Waals surface area (Å²) in [6.07, 6.45) is 5.67.